The molecule has 0 radical (unpaired) electrons. The molecule has 70 heavy (non-hydrogen) atoms. The van der Waals surface area contributed by atoms with Gasteiger partial charge in [-0.05, 0) is 12.8 Å². The zero-order chi connectivity index (χ0) is 51.5. The Kier molecular flexibility index (Phi) is 27.0. The standard InChI is InChI=1S/C28H16BF12.C26H54NP2/c30-25(31,32)17-1-9-21(10-2-17)29(22-11-3-18(4-12-22)26(33,34)35,23-13-5-19(6-14-23)27(36,37)38)24-15-7-20(8-16-24)28(39,40)41;1-3-5-7-9-11-13-15-17-19-21-23-25-28-27-29-26-24-22-20-18-16-14-12-10-8-6-4-2/h1-16H;3-26H2,1-2H3/q-1;+1. The van der Waals surface area contributed by atoms with E-state index in [4.69, 9.17) is 0 Å². The highest BCUT2D eigenvalue weighted by Crippen LogP contribution is 2.33. The molecule has 4 aromatic rings. The second-order valence-electron chi connectivity index (χ2n) is 18.2. The predicted molar refractivity (Wildman–Crippen MR) is 269 cm³/mol. The van der Waals surface area contributed by atoms with E-state index in [2.05, 4.69) is 18.0 Å². The molecule has 0 aliphatic rings. The van der Waals surface area contributed by atoms with E-state index in [9.17, 15) is 52.7 Å². The SMILES string of the molecule is CCCCCCCCCCCCCP=[N+]=PCCCCCCCCCCCCC.FC(F)(F)c1ccc([B-](c2ccc(C(F)(F)F)cc2)(c2ccc(C(F)(F)F)cc2)c2ccc(C(F)(F)F)cc2)cc1. The summed E-state index contributed by atoms with van der Waals surface area (Å²) in [5, 5.41) is 0. The quantitative estimate of drug-likeness (QED) is 0.0177. The molecule has 0 fully saturated rings. The highest BCUT2D eigenvalue weighted by molar-refractivity contribution is 7.34. The van der Waals surface area contributed by atoms with E-state index in [1.807, 2.05) is 0 Å². The molecule has 0 heterocycles. The largest absolute Gasteiger partial charge is 0.416 e. The molecular weight excluding hydrogens is 963 g/mol. The van der Waals surface area contributed by atoms with Gasteiger partial charge in [0.1, 0.15) is 6.15 Å². The highest BCUT2D eigenvalue weighted by atomic mass is 31.1. The van der Waals surface area contributed by atoms with Crippen LogP contribution in [0.4, 0.5) is 52.7 Å². The molecule has 0 saturated heterocycles. The minimum atomic E-state index is -4.77. The number of rotatable bonds is 28. The molecule has 388 valence electrons. The summed E-state index contributed by atoms with van der Waals surface area (Å²) in [6, 6.07) is 13.6. The Labute approximate surface area is 411 Å². The molecule has 0 spiro atoms. The molecule has 0 aromatic heterocycles. The van der Waals surface area contributed by atoms with Gasteiger partial charge < -0.3 is 0 Å². The first-order valence-corrected chi connectivity index (χ1v) is 27.2. The summed E-state index contributed by atoms with van der Waals surface area (Å²) in [5.41, 5.74) is -4.29. The van der Waals surface area contributed by atoms with Crippen LogP contribution in [0.5, 0.6) is 0 Å². The van der Waals surface area contributed by atoms with Crippen molar-refractivity contribution in [2.75, 3.05) is 12.3 Å². The average molecular weight is 1030 g/mol. The molecule has 1 nitrogen and oxygen atoms in total. The van der Waals surface area contributed by atoms with Crippen LogP contribution in [0.25, 0.3) is 0 Å². The Balaban J connectivity index is 0.000000396. The molecular formula is C54H70BF12NP2. The van der Waals surface area contributed by atoms with Crippen molar-refractivity contribution in [1.82, 2.24) is 4.17 Å². The third kappa shape index (κ3) is 21.2. The smallest absolute Gasteiger partial charge is 0.195 e. The van der Waals surface area contributed by atoms with E-state index in [0.29, 0.717) is 48.5 Å². The molecule has 0 atom stereocenters. The van der Waals surface area contributed by atoms with Gasteiger partial charge in [0.15, 0.2) is 0 Å². The molecule has 16 heteroatoms. The molecule has 0 amide bonds. The normalized spacial score (nSPS) is 12.5. The monoisotopic (exact) mass is 1030 g/mol. The van der Waals surface area contributed by atoms with Crippen LogP contribution in [0.2, 0.25) is 0 Å². The van der Waals surface area contributed by atoms with Gasteiger partial charge in [-0.2, -0.15) is 74.5 Å². The van der Waals surface area contributed by atoms with Crippen molar-refractivity contribution >= 4 is 44.7 Å². The van der Waals surface area contributed by atoms with Gasteiger partial charge in [-0.1, -0.05) is 243 Å². The number of unbranched alkanes of at least 4 members (excludes halogenated alkanes) is 20. The van der Waals surface area contributed by atoms with Crippen molar-refractivity contribution < 1.29 is 52.7 Å². The van der Waals surface area contributed by atoms with E-state index >= 15 is 0 Å². The molecule has 0 unspecified atom stereocenters. The van der Waals surface area contributed by atoms with Gasteiger partial charge >= 0.3 is 41.5 Å². The molecule has 0 aliphatic carbocycles. The van der Waals surface area contributed by atoms with Crippen LogP contribution in [0.1, 0.15) is 177 Å². The van der Waals surface area contributed by atoms with E-state index < -0.39 is 53.1 Å². The molecule has 0 bridgehead atoms. The third-order valence-corrected chi connectivity index (χ3v) is 14.8. The maximum Gasteiger partial charge on any atom is 0.416 e. The van der Waals surface area contributed by atoms with Gasteiger partial charge in [0, 0.05) is 0 Å². The third-order valence-electron chi connectivity index (χ3n) is 12.8. The zero-order valence-corrected chi connectivity index (χ0v) is 42.5. The van der Waals surface area contributed by atoms with Gasteiger partial charge in [0.05, 0.1) is 34.6 Å². The number of hydrogen-bond donors (Lipinski definition) is 0. The maximum absolute atomic E-state index is 13.3. The summed E-state index contributed by atoms with van der Waals surface area (Å²) in [5.74, 6) is 0. The Bertz CT molecular complexity index is 1810. The zero-order valence-electron chi connectivity index (χ0n) is 40.7. The first-order chi connectivity index (χ1) is 33.3. The van der Waals surface area contributed by atoms with Crippen LogP contribution >= 0.6 is 16.7 Å². The van der Waals surface area contributed by atoms with Gasteiger partial charge in [-0.3, -0.25) is 0 Å². The Morgan fingerprint density at radius 3 is 0.671 bits per heavy atom. The molecule has 0 saturated carbocycles. The summed E-state index contributed by atoms with van der Waals surface area (Å²) in [6.45, 7) is 4.59. The topological polar surface area (TPSA) is 14.1 Å². The van der Waals surface area contributed by atoms with Crippen LogP contribution in [0.3, 0.4) is 0 Å². The first-order valence-electron chi connectivity index (χ1n) is 25.2. The van der Waals surface area contributed by atoms with E-state index in [1.54, 1.807) is 0 Å². The van der Waals surface area contributed by atoms with Crippen molar-refractivity contribution in [2.24, 2.45) is 0 Å². The summed E-state index contributed by atoms with van der Waals surface area (Å²) in [7, 11) is 2.70. The average Bonchev–Trinajstić information content (AvgIpc) is 3.31. The fourth-order valence-electron chi connectivity index (χ4n) is 8.83. The molecule has 0 aliphatic heterocycles. The van der Waals surface area contributed by atoms with Gasteiger partial charge in [0.2, 0.25) is 0 Å². The van der Waals surface area contributed by atoms with Crippen molar-refractivity contribution in [1.29, 1.82) is 0 Å². The Morgan fingerprint density at radius 2 is 0.486 bits per heavy atom. The van der Waals surface area contributed by atoms with Crippen molar-refractivity contribution in [2.45, 2.75) is 180 Å². The van der Waals surface area contributed by atoms with Gasteiger partial charge in [-0.25, -0.2) is 0 Å². The van der Waals surface area contributed by atoms with E-state index in [1.165, 1.54) is 170 Å². The molecule has 0 N–H and O–H groups in total. The maximum atomic E-state index is 13.3. The lowest BCUT2D eigenvalue weighted by molar-refractivity contribution is -0.138. The highest BCUT2D eigenvalue weighted by Gasteiger charge is 2.38. The first kappa shape index (κ1) is 60.7. The molecule has 4 rings (SSSR count). The fraction of sp³-hybridized carbons (Fsp3) is 0.556. The minimum Gasteiger partial charge on any atom is -0.195 e. The van der Waals surface area contributed by atoms with Crippen LogP contribution in [0.15, 0.2) is 97.1 Å². The van der Waals surface area contributed by atoms with Crippen LogP contribution < -0.4 is 26.0 Å². The number of alkyl halides is 12. The molecule has 4 aromatic carbocycles. The lowest BCUT2D eigenvalue weighted by Crippen LogP contribution is -2.74. The number of hydrogen-bond acceptors (Lipinski definition) is 0. The van der Waals surface area contributed by atoms with Crippen LogP contribution in [0, 0.1) is 0 Å². The Morgan fingerprint density at radius 1 is 0.300 bits per heavy atom. The predicted octanol–water partition coefficient (Wildman–Crippen LogP) is 18.1. The summed E-state index contributed by atoms with van der Waals surface area (Å²) in [4.78, 5) is 0. The summed E-state index contributed by atoms with van der Waals surface area (Å²) >= 11 is 0. The summed E-state index contributed by atoms with van der Waals surface area (Å²) in [6.07, 6.45) is 12.3. The lowest BCUT2D eigenvalue weighted by atomic mass is 9.13. The van der Waals surface area contributed by atoms with Crippen LogP contribution in [-0.2, 0) is 24.7 Å². The van der Waals surface area contributed by atoms with Crippen LogP contribution in [-0.4, -0.2) is 18.5 Å². The van der Waals surface area contributed by atoms with Crippen molar-refractivity contribution in [3.05, 3.63) is 119 Å². The van der Waals surface area contributed by atoms with Crippen molar-refractivity contribution in [3.63, 3.8) is 0 Å². The van der Waals surface area contributed by atoms with Gasteiger partial charge in [-0.15, -0.1) is 0 Å². The number of benzene rings is 4. The number of nitrogens with zero attached hydrogens (tertiary/aromatic N) is 1. The summed E-state index contributed by atoms with van der Waals surface area (Å²) < 4.78 is 165. The second kappa shape index (κ2) is 31.1. The fourth-order valence-corrected chi connectivity index (χ4v) is 10.6. The lowest BCUT2D eigenvalue weighted by Gasteiger charge is -2.44. The Hall–Kier alpha value is -3.59. The number of halogens is 12. The van der Waals surface area contributed by atoms with E-state index in [-0.39, 0.29) is 21.9 Å². The van der Waals surface area contributed by atoms with E-state index in [0.717, 1.165) is 48.5 Å². The minimum absolute atomic E-state index is 0.0114. The van der Waals surface area contributed by atoms with Gasteiger partial charge in [0.25, 0.3) is 0 Å². The van der Waals surface area contributed by atoms with Crippen molar-refractivity contribution in [3.8, 4) is 0 Å². The second-order valence-corrected chi connectivity index (χ2v) is 20.4.